The second kappa shape index (κ2) is 4.79. The zero-order chi connectivity index (χ0) is 11.7. The molecule has 1 aromatic carbocycles. The summed E-state index contributed by atoms with van der Waals surface area (Å²) in [7, 11) is 0. The van der Waals surface area contributed by atoms with Crippen LogP contribution < -0.4 is 5.73 Å². The molecule has 0 amide bonds. The molecule has 17 heavy (non-hydrogen) atoms. The molecule has 0 radical (unpaired) electrons. The van der Waals surface area contributed by atoms with Crippen LogP contribution in [0, 0.1) is 11.8 Å². The fourth-order valence-corrected chi connectivity index (χ4v) is 3.58. The zero-order valence-electron chi connectivity index (χ0n) is 10.4. The Labute approximate surface area is 104 Å². The van der Waals surface area contributed by atoms with Crippen LogP contribution in [0.4, 0.5) is 0 Å². The summed E-state index contributed by atoms with van der Waals surface area (Å²) in [5.41, 5.74) is 7.68. The molecule has 1 saturated carbocycles. The van der Waals surface area contributed by atoms with Gasteiger partial charge in [-0.05, 0) is 30.2 Å². The largest absolute Gasteiger partial charge is 0.327 e. The molecule has 1 aromatic rings. The highest BCUT2D eigenvalue weighted by molar-refractivity contribution is 5.14. The van der Waals surface area contributed by atoms with Crippen molar-refractivity contribution < 1.29 is 0 Å². The highest BCUT2D eigenvalue weighted by Crippen LogP contribution is 2.35. The molecular formula is C15H22N2. The van der Waals surface area contributed by atoms with Gasteiger partial charge in [-0.3, -0.25) is 4.90 Å². The minimum Gasteiger partial charge on any atom is -0.327 e. The molecule has 3 rings (SSSR count). The number of hydrogen-bond donors (Lipinski definition) is 1. The van der Waals surface area contributed by atoms with Crippen LogP contribution in [0.3, 0.4) is 0 Å². The fraction of sp³-hybridized carbons (Fsp3) is 0.600. The van der Waals surface area contributed by atoms with Gasteiger partial charge >= 0.3 is 0 Å². The van der Waals surface area contributed by atoms with Crippen molar-refractivity contribution in [3.8, 4) is 0 Å². The lowest BCUT2D eigenvalue weighted by Gasteiger charge is -2.29. The molecule has 1 heterocycles. The minimum atomic E-state index is 0.453. The van der Waals surface area contributed by atoms with Gasteiger partial charge in [0.25, 0.3) is 0 Å². The molecule has 2 fully saturated rings. The van der Waals surface area contributed by atoms with Crippen LogP contribution in [0.1, 0.15) is 24.8 Å². The van der Waals surface area contributed by atoms with Gasteiger partial charge in [0.15, 0.2) is 0 Å². The molecule has 0 aromatic heterocycles. The molecule has 2 nitrogen and oxygen atoms in total. The standard InChI is InChI=1S/C15H22N2/c16-15-8-4-7-13-10-17(11-14(13)15)9-12-5-2-1-3-6-12/h1-3,5-6,13-15H,4,7-11,16H2/t13-,14-,15-/m1/s1. The number of nitrogens with two attached hydrogens (primary N) is 1. The summed E-state index contributed by atoms with van der Waals surface area (Å²) < 4.78 is 0. The van der Waals surface area contributed by atoms with E-state index in [0.29, 0.717) is 6.04 Å². The predicted molar refractivity (Wildman–Crippen MR) is 70.5 cm³/mol. The highest BCUT2D eigenvalue weighted by atomic mass is 15.2. The van der Waals surface area contributed by atoms with Crippen molar-refractivity contribution in [2.24, 2.45) is 17.6 Å². The Morgan fingerprint density at radius 1 is 1.12 bits per heavy atom. The number of hydrogen-bond acceptors (Lipinski definition) is 2. The summed E-state index contributed by atoms with van der Waals surface area (Å²) in [4.78, 5) is 2.59. The van der Waals surface area contributed by atoms with Crippen molar-refractivity contribution >= 4 is 0 Å². The highest BCUT2D eigenvalue weighted by Gasteiger charge is 2.38. The number of benzene rings is 1. The Morgan fingerprint density at radius 3 is 2.71 bits per heavy atom. The summed E-state index contributed by atoms with van der Waals surface area (Å²) in [5.74, 6) is 1.62. The van der Waals surface area contributed by atoms with Gasteiger partial charge in [-0.2, -0.15) is 0 Å². The lowest BCUT2D eigenvalue weighted by molar-refractivity contribution is 0.259. The van der Waals surface area contributed by atoms with Crippen molar-refractivity contribution in [2.45, 2.75) is 31.8 Å². The third kappa shape index (κ3) is 2.38. The molecular weight excluding hydrogens is 208 g/mol. The summed E-state index contributed by atoms with van der Waals surface area (Å²) in [6.07, 6.45) is 3.96. The number of likely N-dealkylation sites (tertiary alicyclic amines) is 1. The van der Waals surface area contributed by atoms with E-state index in [1.807, 2.05) is 0 Å². The van der Waals surface area contributed by atoms with E-state index < -0.39 is 0 Å². The molecule has 1 aliphatic carbocycles. The number of nitrogens with zero attached hydrogens (tertiary/aromatic N) is 1. The van der Waals surface area contributed by atoms with E-state index in [2.05, 4.69) is 35.2 Å². The van der Waals surface area contributed by atoms with E-state index in [0.717, 1.165) is 18.4 Å². The van der Waals surface area contributed by atoms with Gasteiger partial charge in [0.05, 0.1) is 0 Å². The maximum Gasteiger partial charge on any atom is 0.0233 e. The van der Waals surface area contributed by atoms with Gasteiger partial charge in [0.1, 0.15) is 0 Å². The normalized spacial score (nSPS) is 33.6. The van der Waals surface area contributed by atoms with Crippen LogP contribution in [0.25, 0.3) is 0 Å². The van der Waals surface area contributed by atoms with Crippen LogP contribution >= 0.6 is 0 Å². The second-order valence-electron chi connectivity index (χ2n) is 5.70. The van der Waals surface area contributed by atoms with Crippen molar-refractivity contribution in [2.75, 3.05) is 13.1 Å². The van der Waals surface area contributed by atoms with Gasteiger partial charge in [0.2, 0.25) is 0 Å². The van der Waals surface area contributed by atoms with Crippen LogP contribution in [0.15, 0.2) is 30.3 Å². The molecule has 1 saturated heterocycles. The molecule has 1 aliphatic heterocycles. The summed E-state index contributed by atoms with van der Waals surface area (Å²) in [6, 6.07) is 11.2. The second-order valence-corrected chi connectivity index (χ2v) is 5.70. The van der Waals surface area contributed by atoms with Crippen LogP contribution in [-0.2, 0) is 6.54 Å². The Balaban J connectivity index is 1.64. The molecule has 0 spiro atoms. The lowest BCUT2D eigenvalue weighted by atomic mass is 9.78. The molecule has 3 atom stereocenters. The first-order chi connectivity index (χ1) is 8.33. The van der Waals surface area contributed by atoms with Crippen molar-refractivity contribution in [1.29, 1.82) is 0 Å². The van der Waals surface area contributed by atoms with Crippen LogP contribution in [-0.4, -0.2) is 24.0 Å². The quantitative estimate of drug-likeness (QED) is 0.844. The molecule has 0 bridgehead atoms. The first-order valence-corrected chi connectivity index (χ1v) is 6.85. The minimum absolute atomic E-state index is 0.453. The number of rotatable bonds is 2. The maximum atomic E-state index is 6.25. The molecule has 92 valence electrons. The first kappa shape index (κ1) is 11.2. The van der Waals surface area contributed by atoms with Crippen molar-refractivity contribution in [3.63, 3.8) is 0 Å². The topological polar surface area (TPSA) is 29.3 Å². The number of fused-ring (bicyclic) bond motifs is 1. The van der Waals surface area contributed by atoms with Gasteiger partial charge < -0.3 is 5.73 Å². The van der Waals surface area contributed by atoms with Gasteiger partial charge in [-0.15, -0.1) is 0 Å². The van der Waals surface area contributed by atoms with Gasteiger partial charge in [-0.25, -0.2) is 0 Å². The van der Waals surface area contributed by atoms with E-state index in [-0.39, 0.29) is 0 Å². The maximum absolute atomic E-state index is 6.25. The fourth-order valence-electron chi connectivity index (χ4n) is 3.58. The van der Waals surface area contributed by atoms with Crippen molar-refractivity contribution in [1.82, 2.24) is 4.90 Å². The Hall–Kier alpha value is -0.860. The Morgan fingerprint density at radius 2 is 1.94 bits per heavy atom. The predicted octanol–water partition coefficient (Wildman–Crippen LogP) is 2.25. The third-order valence-corrected chi connectivity index (χ3v) is 4.48. The Bertz CT molecular complexity index is 362. The van der Waals surface area contributed by atoms with Gasteiger partial charge in [-0.1, -0.05) is 36.8 Å². The summed E-state index contributed by atoms with van der Waals surface area (Å²) in [6.45, 7) is 3.56. The van der Waals surface area contributed by atoms with E-state index in [1.54, 1.807) is 0 Å². The zero-order valence-corrected chi connectivity index (χ0v) is 10.4. The summed E-state index contributed by atoms with van der Waals surface area (Å²) >= 11 is 0. The van der Waals surface area contributed by atoms with Crippen LogP contribution in [0.5, 0.6) is 0 Å². The average Bonchev–Trinajstić information content (AvgIpc) is 2.74. The monoisotopic (exact) mass is 230 g/mol. The SMILES string of the molecule is N[C@@H]1CCC[C@@H]2CN(Cc3ccccc3)C[C@H]21. The molecule has 2 N–H and O–H groups in total. The smallest absolute Gasteiger partial charge is 0.0233 e. The molecule has 2 aliphatic rings. The third-order valence-electron chi connectivity index (χ3n) is 4.48. The van der Waals surface area contributed by atoms with E-state index in [1.165, 1.54) is 37.9 Å². The molecule has 0 unspecified atom stereocenters. The first-order valence-electron chi connectivity index (χ1n) is 6.85. The van der Waals surface area contributed by atoms with Gasteiger partial charge in [0, 0.05) is 25.7 Å². The van der Waals surface area contributed by atoms with E-state index in [4.69, 9.17) is 5.73 Å². The van der Waals surface area contributed by atoms with E-state index in [9.17, 15) is 0 Å². The summed E-state index contributed by atoms with van der Waals surface area (Å²) in [5, 5.41) is 0. The lowest BCUT2D eigenvalue weighted by Crippen LogP contribution is -2.38. The van der Waals surface area contributed by atoms with Crippen LogP contribution in [0.2, 0.25) is 0 Å². The molecule has 2 heteroatoms. The van der Waals surface area contributed by atoms with E-state index >= 15 is 0 Å². The average molecular weight is 230 g/mol. The van der Waals surface area contributed by atoms with Crippen molar-refractivity contribution in [3.05, 3.63) is 35.9 Å². The Kier molecular flexibility index (Phi) is 3.17.